The summed E-state index contributed by atoms with van der Waals surface area (Å²) in [4.78, 5) is 14.1. The quantitative estimate of drug-likeness (QED) is 0.739. The molecule has 1 N–H and O–H groups in total. The summed E-state index contributed by atoms with van der Waals surface area (Å²) >= 11 is 0. The SMILES string of the molecule is CC/C=C(/C)C(=O)N1CCCC(CNC)C1. The Morgan fingerprint density at radius 1 is 1.56 bits per heavy atom. The van der Waals surface area contributed by atoms with Gasteiger partial charge in [0, 0.05) is 18.7 Å². The van der Waals surface area contributed by atoms with Crippen molar-refractivity contribution in [2.24, 2.45) is 5.92 Å². The molecule has 1 atom stereocenters. The first-order chi connectivity index (χ1) is 7.69. The zero-order valence-corrected chi connectivity index (χ0v) is 10.8. The molecule has 0 radical (unpaired) electrons. The first-order valence-corrected chi connectivity index (χ1v) is 6.29. The maximum Gasteiger partial charge on any atom is 0.249 e. The van der Waals surface area contributed by atoms with Crippen LogP contribution in [0, 0.1) is 5.92 Å². The highest BCUT2D eigenvalue weighted by molar-refractivity contribution is 5.92. The van der Waals surface area contributed by atoms with E-state index in [2.05, 4.69) is 12.2 Å². The van der Waals surface area contributed by atoms with Gasteiger partial charge in [-0.05, 0) is 45.7 Å². The fourth-order valence-electron chi connectivity index (χ4n) is 2.35. The molecule has 1 unspecified atom stereocenters. The third kappa shape index (κ3) is 3.63. The fraction of sp³-hybridized carbons (Fsp3) is 0.769. The molecule has 92 valence electrons. The summed E-state index contributed by atoms with van der Waals surface area (Å²) in [5, 5.41) is 3.20. The van der Waals surface area contributed by atoms with Crippen molar-refractivity contribution in [3.63, 3.8) is 0 Å². The number of allylic oxidation sites excluding steroid dienone is 1. The van der Waals surface area contributed by atoms with E-state index < -0.39 is 0 Å². The number of amides is 1. The van der Waals surface area contributed by atoms with E-state index in [0.717, 1.165) is 38.0 Å². The van der Waals surface area contributed by atoms with Crippen molar-refractivity contribution in [2.45, 2.75) is 33.1 Å². The van der Waals surface area contributed by atoms with Gasteiger partial charge in [0.1, 0.15) is 0 Å². The van der Waals surface area contributed by atoms with E-state index in [4.69, 9.17) is 0 Å². The minimum Gasteiger partial charge on any atom is -0.339 e. The van der Waals surface area contributed by atoms with E-state index in [1.54, 1.807) is 0 Å². The maximum absolute atomic E-state index is 12.1. The van der Waals surface area contributed by atoms with Crippen LogP contribution in [0.3, 0.4) is 0 Å². The van der Waals surface area contributed by atoms with Crippen LogP contribution in [0.5, 0.6) is 0 Å². The first-order valence-electron chi connectivity index (χ1n) is 6.29. The number of hydrogen-bond donors (Lipinski definition) is 1. The third-order valence-corrected chi connectivity index (χ3v) is 3.15. The molecule has 1 heterocycles. The predicted octanol–water partition coefficient (Wildman–Crippen LogP) is 1.80. The summed E-state index contributed by atoms with van der Waals surface area (Å²) in [6.45, 7) is 6.84. The summed E-state index contributed by atoms with van der Waals surface area (Å²) in [6, 6.07) is 0. The van der Waals surface area contributed by atoms with Crippen LogP contribution in [0.1, 0.15) is 33.1 Å². The molecule has 0 aliphatic carbocycles. The molecule has 1 aliphatic heterocycles. The van der Waals surface area contributed by atoms with Gasteiger partial charge in [-0.15, -0.1) is 0 Å². The topological polar surface area (TPSA) is 32.3 Å². The Bertz CT molecular complexity index is 259. The highest BCUT2D eigenvalue weighted by Gasteiger charge is 2.23. The van der Waals surface area contributed by atoms with Crippen LogP contribution in [0.15, 0.2) is 11.6 Å². The molecule has 0 spiro atoms. The van der Waals surface area contributed by atoms with Crippen LogP contribution in [0.25, 0.3) is 0 Å². The summed E-state index contributed by atoms with van der Waals surface area (Å²) < 4.78 is 0. The van der Waals surface area contributed by atoms with Crippen LogP contribution in [0.2, 0.25) is 0 Å². The largest absolute Gasteiger partial charge is 0.339 e. The lowest BCUT2D eigenvalue weighted by Crippen LogP contribution is -2.42. The Morgan fingerprint density at radius 3 is 2.94 bits per heavy atom. The van der Waals surface area contributed by atoms with Crippen molar-refractivity contribution in [3.8, 4) is 0 Å². The molecular formula is C13H24N2O. The number of nitrogens with one attached hydrogen (secondary N) is 1. The molecule has 3 nitrogen and oxygen atoms in total. The van der Waals surface area contributed by atoms with Gasteiger partial charge in [0.2, 0.25) is 5.91 Å². The van der Waals surface area contributed by atoms with E-state index in [-0.39, 0.29) is 5.91 Å². The molecule has 3 heteroatoms. The first kappa shape index (κ1) is 13.2. The van der Waals surface area contributed by atoms with Crippen molar-refractivity contribution in [2.75, 3.05) is 26.7 Å². The zero-order chi connectivity index (χ0) is 12.0. The molecule has 1 rings (SSSR count). The monoisotopic (exact) mass is 224 g/mol. The number of piperidine rings is 1. The molecule has 0 aromatic rings. The lowest BCUT2D eigenvalue weighted by Gasteiger charge is -2.33. The molecule has 0 aromatic heterocycles. The minimum atomic E-state index is 0.225. The van der Waals surface area contributed by atoms with Gasteiger partial charge in [-0.3, -0.25) is 4.79 Å². The number of hydrogen-bond acceptors (Lipinski definition) is 2. The normalized spacial score (nSPS) is 22.3. The number of carbonyl (C=O) groups is 1. The summed E-state index contributed by atoms with van der Waals surface area (Å²) in [5.74, 6) is 0.847. The second-order valence-electron chi connectivity index (χ2n) is 4.61. The second-order valence-corrected chi connectivity index (χ2v) is 4.61. The molecule has 0 bridgehead atoms. The van der Waals surface area contributed by atoms with Crippen LogP contribution in [-0.4, -0.2) is 37.5 Å². The van der Waals surface area contributed by atoms with Gasteiger partial charge < -0.3 is 10.2 Å². The van der Waals surface area contributed by atoms with Gasteiger partial charge in [0.25, 0.3) is 0 Å². The fourth-order valence-corrected chi connectivity index (χ4v) is 2.35. The predicted molar refractivity (Wildman–Crippen MR) is 67.3 cm³/mol. The zero-order valence-electron chi connectivity index (χ0n) is 10.8. The van der Waals surface area contributed by atoms with Gasteiger partial charge in [-0.2, -0.15) is 0 Å². The van der Waals surface area contributed by atoms with Crippen LogP contribution in [0.4, 0.5) is 0 Å². The lowest BCUT2D eigenvalue weighted by atomic mass is 9.97. The molecule has 1 aliphatic rings. The number of carbonyl (C=O) groups excluding carboxylic acids is 1. The van der Waals surface area contributed by atoms with Crippen LogP contribution >= 0.6 is 0 Å². The van der Waals surface area contributed by atoms with E-state index >= 15 is 0 Å². The van der Waals surface area contributed by atoms with Gasteiger partial charge in [0.15, 0.2) is 0 Å². The molecule has 1 saturated heterocycles. The lowest BCUT2D eigenvalue weighted by molar-refractivity contribution is -0.128. The van der Waals surface area contributed by atoms with Gasteiger partial charge in [-0.1, -0.05) is 13.0 Å². The van der Waals surface area contributed by atoms with Gasteiger partial charge in [-0.25, -0.2) is 0 Å². The number of nitrogens with zero attached hydrogens (tertiary/aromatic N) is 1. The Labute approximate surface area is 98.9 Å². The molecule has 0 aromatic carbocycles. The summed E-state index contributed by atoms with van der Waals surface area (Å²) in [6.07, 6.45) is 5.33. The molecule has 1 fully saturated rings. The van der Waals surface area contributed by atoms with Gasteiger partial charge in [0.05, 0.1) is 0 Å². The summed E-state index contributed by atoms with van der Waals surface area (Å²) in [5.41, 5.74) is 0.896. The van der Waals surface area contributed by atoms with Crippen molar-refractivity contribution >= 4 is 5.91 Å². The van der Waals surface area contributed by atoms with E-state index in [0.29, 0.717) is 5.92 Å². The smallest absolute Gasteiger partial charge is 0.249 e. The molecule has 16 heavy (non-hydrogen) atoms. The van der Waals surface area contributed by atoms with Crippen molar-refractivity contribution in [1.29, 1.82) is 0 Å². The summed E-state index contributed by atoms with van der Waals surface area (Å²) in [7, 11) is 1.98. The number of likely N-dealkylation sites (tertiary alicyclic amines) is 1. The minimum absolute atomic E-state index is 0.225. The number of rotatable bonds is 4. The molecule has 0 saturated carbocycles. The maximum atomic E-state index is 12.1. The van der Waals surface area contributed by atoms with E-state index in [1.807, 2.05) is 24.9 Å². The Morgan fingerprint density at radius 2 is 2.31 bits per heavy atom. The van der Waals surface area contributed by atoms with Crippen molar-refractivity contribution in [1.82, 2.24) is 10.2 Å². The molecular weight excluding hydrogens is 200 g/mol. The standard InChI is InChI=1S/C13H24N2O/c1-4-6-11(2)13(16)15-8-5-7-12(10-15)9-14-3/h6,12,14H,4-5,7-10H2,1-3H3/b11-6-. The molecule has 1 amide bonds. The average Bonchev–Trinajstić information content (AvgIpc) is 2.29. The Hall–Kier alpha value is -0.830. The van der Waals surface area contributed by atoms with E-state index in [1.165, 1.54) is 6.42 Å². The highest BCUT2D eigenvalue weighted by atomic mass is 16.2. The Balaban J connectivity index is 2.53. The van der Waals surface area contributed by atoms with Crippen molar-refractivity contribution < 1.29 is 4.79 Å². The van der Waals surface area contributed by atoms with Crippen LogP contribution in [-0.2, 0) is 4.79 Å². The van der Waals surface area contributed by atoms with Crippen molar-refractivity contribution in [3.05, 3.63) is 11.6 Å². The van der Waals surface area contributed by atoms with Gasteiger partial charge >= 0.3 is 0 Å². The van der Waals surface area contributed by atoms with Crippen LogP contribution < -0.4 is 5.32 Å². The second kappa shape index (κ2) is 6.69. The highest BCUT2D eigenvalue weighted by Crippen LogP contribution is 2.17. The average molecular weight is 224 g/mol. The Kier molecular flexibility index (Phi) is 5.53. The third-order valence-electron chi connectivity index (χ3n) is 3.15. The van der Waals surface area contributed by atoms with E-state index in [9.17, 15) is 4.79 Å².